The van der Waals surface area contributed by atoms with E-state index in [0.717, 1.165) is 6.54 Å². The Bertz CT molecular complexity index is 237. The summed E-state index contributed by atoms with van der Waals surface area (Å²) >= 11 is 0. The number of aliphatic carboxylic acids is 1. The number of carboxylic acids is 1. The highest BCUT2D eigenvalue weighted by atomic mass is 16.4. The summed E-state index contributed by atoms with van der Waals surface area (Å²) in [7, 11) is 0. The van der Waals surface area contributed by atoms with E-state index in [1.807, 2.05) is 13.8 Å². The van der Waals surface area contributed by atoms with Gasteiger partial charge in [0, 0.05) is 6.54 Å². The van der Waals surface area contributed by atoms with E-state index in [-0.39, 0.29) is 0 Å². The number of carboxylic acid groups (broad SMARTS) is 1. The third-order valence-electron chi connectivity index (χ3n) is 4.36. The maximum absolute atomic E-state index is 11.4. The molecule has 0 aromatic rings. The van der Waals surface area contributed by atoms with Crippen molar-refractivity contribution in [2.75, 3.05) is 13.1 Å². The molecule has 0 aliphatic heterocycles. The highest BCUT2D eigenvalue weighted by Gasteiger charge is 2.34. The highest BCUT2D eigenvalue weighted by Crippen LogP contribution is 2.26. The number of rotatable bonds is 9. The number of carbonyl (C=O) groups is 1. The third-order valence-corrected chi connectivity index (χ3v) is 4.36. The van der Waals surface area contributed by atoms with Crippen molar-refractivity contribution in [3.05, 3.63) is 0 Å². The first-order valence-corrected chi connectivity index (χ1v) is 7.24. The summed E-state index contributed by atoms with van der Waals surface area (Å²) in [5.41, 5.74) is -0.599. The first-order valence-electron chi connectivity index (χ1n) is 7.24. The second kappa shape index (κ2) is 7.78. The summed E-state index contributed by atoms with van der Waals surface area (Å²) in [4.78, 5) is 11.4. The molecular weight excluding hydrogens is 226 g/mol. The van der Waals surface area contributed by atoms with Gasteiger partial charge < -0.3 is 10.4 Å². The van der Waals surface area contributed by atoms with E-state index in [2.05, 4.69) is 33.0 Å². The zero-order valence-electron chi connectivity index (χ0n) is 12.9. The van der Waals surface area contributed by atoms with Crippen LogP contribution >= 0.6 is 0 Å². The monoisotopic (exact) mass is 257 g/mol. The smallest absolute Gasteiger partial charge is 0.310 e. The van der Waals surface area contributed by atoms with Crippen molar-refractivity contribution in [1.29, 1.82) is 0 Å². The Kier molecular flexibility index (Phi) is 7.53. The largest absolute Gasteiger partial charge is 0.481 e. The van der Waals surface area contributed by atoms with Crippen LogP contribution in [-0.4, -0.2) is 24.2 Å². The van der Waals surface area contributed by atoms with Crippen LogP contribution in [0.4, 0.5) is 0 Å². The van der Waals surface area contributed by atoms with E-state index in [1.165, 1.54) is 0 Å². The molecule has 0 unspecified atom stereocenters. The molecule has 0 saturated heterocycles. The molecule has 0 bridgehead atoms. The summed E-state index contributed by atoms with van der Waals surface area (Å²) < 4.78 is 0. The predicted molar refractivity (Wildman–Crippen MR) is 76.7 cm³/mol. The van der Waals surface area contributed by atoms with Crippen molar-refractivity contribution in [1.82, 2.24) is 5.32 Å². The van der Waals surface area contributed by atoms with Gasteiger partial charge in [0.1, 0.15) is 0 Å². The van der Waals surface area contributed by atoms with Crippen LogP contribution in [0.3, 0.4) is 0 Å². The average Bonchev–Trinajstić information content (AvgIpc) is 2.28. The second-order valence-corrected chi connectivity index (χ2v) is 6.08. The van der Waals surface area contributed by atoms with Crippen LogP contribution in [0.25, 0.3) is 0 Å². The molecule has 0 aliphatic carbocycles. The van der Waals surface area contributed by atoms with Crippen LogP contribution in [0, 0.1) is 23.2 Å². The fourth-order valence-corrected chi connectivity index (χ4v) is 2.60. The van der Waals surface area contributed by atoms with Crippen molar-refractivity contribution >= 4 is 5.97 Å². The molecular formula is C15H31NO2. The van der Waals surface area contributed by atoms with Crippen LogP contribution in [0.1, 0.15) is 54.4 Å². The normalized spacial score (nSPS) is 12.7. The lowest BCUT2D eigenvalue weighted by Crippen LogP contribution is -2.42. The number of hydrogen-bond acceptors (Lipinski definition) is 2. The van der Waals surface area contributed by atoms with Gasteiger partial charge in [0.15, 0.2) is 0 Å². The topological polar surface area (TPSA) is 49.3 Å². The van der Waals surface area contributed by atoms with Crippen molar-refractivity contribution < 1.29 is 9.90 Å². The molecule has 0 aliphatic rings. The van der Waals surface area contributed by atoms with Crippen molar-refractivity contribution in [2.24, 2.45) is 23.2 Å². The van der Waals surface area contributed by atoms with Gasteiger partial charge in [-0.3, -0.25) is 4.79 Å². The van der Waals surface area contributed by atoms with Crippen molar-refractivity contribution in [3.63, 3.8) is 0 Å². The van der Waals surface area contributed by atoms with E-state index in [9.17, 15) is 9.90 Å². The quantitative estimate of drug-likeness (QED) is 0.665. The van der Waals surface area contributed by atoms with Gasteiger partial charge in [0.25, 0.3) is 0 Å². The van der Waals surface area contributed by atoms with Gasteiger partial charge in [0.2, 0.25) is 0 Å². The zero-order valence-corrected chi connectivity index (χ0v) is 12.9. The Morgan fingerprint density at radius 3 is 1.83 bits per heavy atom. The molecule has 3 heteroatoms. The minimum absolute atomic E-state index is 0.575. The lowest BCUT2D eigenvalue weighted by atomic mass is 9.81. The Labute approximate surface area is 112 Å². The number of hydrogen-bond donors (Lipinski definition) is 2. The maximum Gasteiger partial charge on any atom is 0.310 e. The SMILES string of the molecule is CCC(CC)(CNCC(C(C)C)C(C)C)C(=O)O. The molecule has 0 rings (SSSR count). The van der Waals surface area contributed by atoms with Crippen LogP contribution in [0.2, 0.25) is 0 Å². The summed E-state index contributed by atoms with van der Waals surface area (Å²) in [5, 5.41) is 12.8. The van der Waals surface area contributed by atoms with Crippen LogP contribution in [0.15, 0.2) is 0 Å². The van der Waals surface area contributed by atoms with E-state index in [0.29, 0.717) is 37.1 Å². The molecule has 0 saturated carbocycles. The molecule has 0 radical (unpaired) electrons. The molecule has 0 spiro atoms. The summed E-state index contributed by atoms with van der Waals surface area (Å²) in [5.74, 6) is 1.18. The standard InChI is InChI=1S/C15H31NO2/c1-7-15(8-2,14(17)18)10-16-9-13(11(3)4)12(5)6/h11-13,16H,7-10H2,1-6H3,(H,17,18). The van der Waals surface area contributed by atoms with Gasteiger partial charge in [-0.15, -0.1) is 0 Å². The fraction of sp³-hybridized carbons (Fsp3) is 0.933. The molecule has 2 N–H and O–H groups in total. The summed E-state index contributed by atoms with van der Waals surface area (Å²) in [6.07, 6.45) is 1.36. The van der Waals surface area contributed by atoms with Gasteiger partial charge in [-0.1, -0.05) is 41.5 Å². The minimum Gasteiger partial charge on any atom is -0.481 e. The first kappa shape index (κ1) is 17.4. The van der Waals surface area contributed by atoms with Gasteiger partial charge in [-0.05, 0) is 37.1 Å². The highest BCUT2D eigenvalue weighted by molar-refractivity contribution is 5.74. The molecule has 0 aromatic carbocycles. The van der Waals surface area contributed by atoms with E-state index in [4.69, 9.17) is 0 Å². The summed E-state index contributed by atoms with van der Waals surface area (Å²) in [6, 6.07) is 0. The van der Waals surface area contributed by atoms with Crippen molar-refractivity contribution in [2.45, 2.75) is 54.4 Å². The van der Waals surface area contributed by atoms with E-state index < -0.39 is 11.4 Å². The zero-order chi connectivity index (χ0) is 14.3. The molecule has 0 atom stereocenters. The summed E-state index contributed by atoms with van der Waals surface area (Å²) in [6.45, 7) is 14.3. The van der Waals surface area contributed by atoms with E-state index in [1.54, 1.807) is 0 Å². The third kappa shape index (κ3) is 4.60. The Morgan fingerprint density at radius 2 is 1.56 bits per heavy atom. The van der Waals surface area contributed by atoms with Crippen LogP contribution in [-0.2, 0) is 4.79 Å². The first-order chi connectivity index (χ1) is 8.30. The number of nitrogens with one attached hydrogen (secondary N) is 1. The Balaban J connectivity index is 4.42. The molecule has 18 heavy (non-hydrogen) atoms. The van der Waals surface area contributed by atoms with Crippen molar-refractivity contribution in [3.8, 4) is 0 Å². The maximum atomic E-state index is 11.4. The second-order valence-electron chi connectivity index (χ2n) is 6.08. The molecule has 3 nitrogen and oxygen atoms in total. The Morgan fingerprint density at radius 1 is 1.11 bits per heavy atom. The predicted octanol–water partition coefficient (Wildman–Crippen LogP) is 3.40. The minimum atomic E-state index is -0.675. The van der Waals surface area contributed by atoms with Crippen LogP contribution in [0.5, 0.6) is 0 Å². The lowest BCUT2D eigenvalue weighted by molar-refractivity contribution is -0.149. The van der Waals surface area contributed by atoms with Gasteiger partial charge in [0.05, 0.1) is 5.41 Å². The van der Waals surface area contributed by atoms with Crippen LogP contribution < -0.4 is 5.32 Å². The molecule has 0 heterocycles. The molecule has 0 fully saturated rings. The molecule has 0 amide bonds. The van der Waals surface area contributed by atoms with Gasteiger partial charge in [-0.25, -0.2) is 0 Å². The Hall–Kier alpha value is -0.570. The van der Waals surface area contributed by atoms with Gasteiger partial charge >= 0.3 is 5.97 Å². The average molecular weight is 257 g/mol. The van der Waals surface area contributed by atoms with Gasteiger partial charge in [-0.2, -0.15) is 0 Å². The molecule has 108 valence electrons. The lowest BCUT2D eigenvalue weighted by Gasteiger charge is -2.30. The van der Waals surface area contributed by atoms with E-state index >= 15 is 0 Å². The fourth-order valence-electron chi connectivity index (χ4n) is 2.60. The molecule has 0 aromatic heterocycles.